The summed E-state index contributed by atoms with van der Waals surface area (Å²) in [7, 11) is 1.78. The summed E-state index contributed by atoms with van der Waals surface area (Å²) < 4.78 is 69.3. The van der Waals surface area contributed by atoms with E-state index in [1.807, 2.05) is 22.0 Å². The summed E-state index contributed by atoms with van der Waals surface area (Å²) in [4.78, 5) is 18.3. The Morgan fingerprint density at radius 1 is 1.02 bits per heavy atom. The second-order valence-corrected chi connectivity index (χ2v) is 10.2. The van der Waals surface area contributed by atoms with Gasteiger partial charge in [0.25, 0.3) is 12.0 Å². The number of benzene rings is 2. The van der Waals surface area contributed by atoms with Gasteiger partial charge in [0.15, 0.2) is 6.61 Å². The zero-order chi connectivity index (χ0) is 28.4. The molecule has 9 nitrogen and oxygen atoms in total. The molecular formula is C25H19F4IN5O4P. The van der Waals surface area contributed by atoms with Crippen LogP contribution in [-0.4, -0.2) is 44.2 Å². The van der Waals surface area contributed by atoms with E-state index in [-0.39, 0.29) is 41.3 Å². The van der Waals surface area contributed by atoms with E-state index in [0.29, 0.717) is 16.8 Å². The van der Waals surface area contributed by atoms with Crippen molar-refractivity contribution in [1.29, 1.82) is 0 Å². The smallest absolute Gasteiger partial charge is 0.387 e. The van der Waals surface area contributed by atoms with Gasteiger partial charge in [-0.2, -0.15) is 23.7 Å². The minimum absolute atomic E-state index is 0.0406. The summed E-state index contributed by atoms with van der Waals surface area (Å²) in [6, 6.07) is 12.1. The predicted molar refractivity (Wildman–Crippen MR) is 150 cm³/mol. The number of nitrogens with zero attached hydrogens (tertiary/aromatic N) is 5. The standard InChI is InChI=1S/C25H19F4IN5O4P/c1-34-10-14-8-16(4-7-18(14)32-34)35-24(36)21(13-2-5-17(6-3-13)39-25(28)29)23-22(33-35)15(11-38-40-30)9-20(31-23)37-12-19(26)27/h2-10,19,25,40H,11-12H2,1H3. The van der Waals surface area contributed by atoms with Crippen LogP contribution >= 0.6 is 28.5 Å². The number of ether oxygens (including phenoxy) is 2. The molecule has 0 N–H and O–H groups in total. The van der Waals surface area contributed by atoms with Crippen molar-refractivity contribution >= 4 is 50.4 Å². The first-order valence-electron chi connectivity index (χ1n) is 11.6. The number of hydrogen-bond acceptors (Lipinski definition) is 7. The van der Waals surface area contributed by atoms with Gasteiger partial charge in [0.2, 0.25) is 5.88 Å². The van der Waals surface area contributed by atoms with E-state index < -0.39 is 25.2 Å². The van der Waals surface area contributed by atoms with E-state index in [1.165, 1.54) is 35.0 Å². The van der Waals surface area contributed by atoms with Crippen LogP contribution in [0.3, 0.4) is 0 Å². The van der Waals surface area contributed by atoms with Crippen LogP contribution in [0, 0.1) is 0 Å². The van der Waals surface area contributed by atoms with Crippen LogP contribution in [0.5, 0.6) is 11.6 Å². The summed E-state index contributed by atoms with van der Waals surface area (Å²) in [5.41, 5.74) is 1.74. The Hall–Kier alpha value is -3.36. The lowest BCUT2D eigenvalue weighted by atomic mass is 10.0. The Morgan fingerprint density at radius 2 is 1.80 bits per heavy atom. The normalized spacial score (nSPS) is 12.0. The van der Waals surface area contributed by atoms with Crippen molar-refractivity contribution in [3.8, 4) is 28.4 Å². The molecule has 1 atom stereocenters. The van der Waals surface area contributed by atoms with Crippen LogP contribution < -0.4 is 15.0 Å². The molecule has 3 aromatic heterocycles. The monoisotopic (exact) mass is 687 g/mol. The molecule has 0 radical (unpaired) electrons. The van der Waals surface area contributed by atoms with E-state index in [2.05, 4.69) is 19.9 Å². The molecule has 2 aromatic carbocycles. The molecule has 0 spiro atoms. The second-order valence-electron chi connectivity index (χ2n) is 8.43. The Labute approximate surface area is 238 Å². The Balaban J connectivity index is 1.78. The first-order valence-corrected chi connectivity index (χ1v) is 15.6. The molecule has 0 saturated heterocycles. The molecule has 0 bridgehead atoms. The van der Waals surface area contributed by atoms with Crippen LogP contribution in [0.4, 0.5) is 17.6 Å². The highest BCUT2D eigenvalue weighted by Crippen LogP contribution is 2.32. The maximum absolute atomic E-state index is 14.0. The van der Waals surface area contributed by atoms with E-state index in [4.69, 9.17) is 9.26 Å². The highest BCUT2D eigenvalue weighted by atomic mass is 127. The van der Waals surface area contributed by atoms with Crippen molar-refractivity contribution in [2.24, 2.45) is 7.05 Å². The second kappa shape index (κ2) is 12.0. The van der Waals surface area contributed by atoms with E-state index in [9.17, 15) is 22.4 Å². The van der Waals surface area contributed by atoms with E-state index in [0.717, 1.165) is 10.9 Å². The van der Waals surface area contributed by atoms with Gasteiger partial charge in [-0.05, 0) is 57.9 Å². The number of hydrogen-bond donors (Lipinski definition) is 0. The third-order valence-electron chi connectivity index (χ3n) is 5.75. The van der Waals surface area contributed by atoms with Gasteiger partial charge in [-0.3, -0.25) is 9.48 Å². The van der Waals surface area contributed by atoms with Crippen LogP contribution in [0.25, 0.3) is 38.8 Å². The van der Waals surface area contributed by atoms with Crippen LogP contribution in [0.1, 0.15) is 5.56 Å². The highest BCUT2D eigenvalue weighted by molar-refractivity contribution is 14.2. The first kappa shape index (κ1) is 28.2. The minimum atomic E-state index is -3.02. The number of aromatic nitrogens is 5. The summed E-state index contributed by atoms with van der Waals surface area (Å²) in [5, 5.41) is 9.72. The maximum atomic E-state index is 14.0. The van der Waals surface area contributed by atoms with Crippen molar-refractivity contribution in [3.05, 3.63) is 70.6 Å². The number of alkyl halides is 4. The molecule has 40 heavy (non-hydrogen) atoms. The molecule has 0 aliphatic carbocycles. The zero-order valence-electron chi connectivity index (χ0n) is 20.5. The molecule has 5 rings (SSSR count). The molecule has 208 valence electrons. The van der Waals surface area contributed by atoms with Crippen LogP contribution in [0.2, 0.25) is 0 Å². The topological polar surface area (TPSA) is 93.3 Å². The zero-order valence-corrected chi connectivity index (χ0v) is 23.7. The number of fused-ring (bicyclic) bond motifs is 2. The van der Waals surface area contributed by atoms with Crippen LogP contribution in [-0.2, 0) is 18.2 Å². The average Bonchev–Trinajstić information content (AvgIpc) is 3.29. The first-order chi connectivity index (χ1) is 19.2. The molecule has 3 heterocycles. The van der Waals surface area contributed by atoms with Crippen molar-refractivity contribution < 1.29 is 31.6 Å². The lowest BCUT2D eigenvalue weighted by Gasteiger charge is -2.15. The number of halogens is 5. The number of pyridine rings is 1. The Kier molecular flexibility index (Phi) is 8.47. The number of rotatable bonds is 10. The van der Waals surface area contributed by atoms with E-state index >= 15 is 0 Å². The van der Waals surface area contributed by atoms with Crippen molar-refractivity contribution in [3.63, 3.8) is 0 Å². The molecule has 0 aliphatic rings. The Bertz CT molecular complexity index is 1730. The van der Waals surface area contributed by atoms with Gasteiger partial charge >= 0.3 is 6.61 Å². The SMILES string of the molecule is Cn1cc2cc(-n3nc4c(COPI)cc(OCC(F)F)nc4c(-c4ccc(OC(F)F)cc4)c3=O)ccc2n1. The predicted octanol–water partition coefficient (Wildman–Crippen LogP) is 6.04. The molecule has 1 unspecified atom stereocenters. The van der Waals surface area contributed by atoms with Crippen molar-refractivity contribution in [2.45, 2.75) is 19.6 Å². The quantitative estimate of drug-likeness (QED) is 0.101. The molecule has 0 fully saturated rings. The molecular weight excluding hydrogens is 668 g/mol. The van der Waals surface area contributed by atoms with Gasteiger partial charge in [0.1, 0.15) is 16.8 Å². The third-order valence-corrected chi connectivity index (χ3v) is 6.93. The minimum Gasteiger partial charge on any atom is -0.472 e. The van der Waals surface area contributed by atoms with Gasteiger partial charge in [0, 0.05) is 30.3 Å². The summed E-state index contributed by atoms with van der Waals surface area (Å²) in [5.74, 6) is -0.247. The lowest BCUT2D eigenvalue weighted by molar-refractivity contribution is -0.0498. The summed E-state index contributed by atoms with van der Waals surface area (Å²) in [6.45, 7) is -3.81. The van der Waals surface area contributed by atoms with Crippen molar-refractivity contribution in [1.82, 2.24) is 24.5 Å². The fraction of sp³-hybridized carbons (Fsp3) is 0.200. The summed E-state index contributed by atoms with van der Waals surface area (Å²) >= 11 is 2.04. The van der Waals surface area contributed by atoms with Gasteiger partial charge in [-0.1, -0.05) is 12.1 Å². The molecule has 0 amide bonds. The fourth-order valence-corrected chi connectivity index (χ4v) is 4.82. The highest BCUT2D eigenvalue weighted by Gasteiger charge is 2.21. The third kappa shape index (κ3) is 6.03. The molecule has 15 heteroatoms. The maximum Gasteiger partial charge on any atom is 0.387 e. The van der Waals surface area contributed by atoms with Gasteiger partial charge < -0.3 is 14.0 Å². The largest absolute Gasteiger partial charge is 0.472 e. The van der Waals surface area contributed by atoms with Gasteiger partial charge in [0.05, 0.1) is 29.8 Å². The average molecular weight is 687 g/mol. The number of aryl methyl sites for hydroxylation is 1. The Morgan fingerprint density at radius 3 is 2.50 bits per heavy atom. The van der Waals surface area contributed by atoms with Crippen LogP contribution in [0.15, 0.2) is 59.5 Å². The summed E-state index contributed by atoms with van der Waals surface area (Å²) in [6.07, 6.45) is -0.953. The molecule has 5 aromatic rings. The molecule has 0 aliphatic heterocycles. The van der Waals surface area contributed by atoms with E-state index in [1.54, 1.807) is 36.1 Å². The fourth-order valence-electron chi connectivity index (χ4n) is 4.15. The molecule has 0 saturated carbocycles. The van der Waals surface area contributed by atoms with Crippen molar-refractivity contribution in [2.75, 3.05) is 6.61 Å². The van der Waals surface area contributed by atoms with Gasteiger partial charge in [-0.25, -0.2) is 13.8 Å². The van der Waals surface area contributed by atoms with Gasteiger partial charge in [-0.15, -0.1) is 0 Å². The lowest BCUT2D eigenvalue weighted by Crippen LogP contribution is -2.24.